The maximum atomic E-state index is 12.3. The molecule has 1 aliphatic rings. The summed E-state index contributed by atoms with van der Waals surface area (Å²) < 4.78 is 0. The number of benzene rings is 1. The minimum absolute atomic E-state index is 0.0844. The van der Waals surface area contributed by atoms with Gasteiger partial charge in [-0.05, 0) is 23.8 Å². The number of nitrogens with one attached hydrogen (secondary N) is 1. The number of hydrogen-bond donors (Lipinski definition) is 2. The Morgan fingerprint density at radius 2 is 1.95 bits per heavy atom. The summed E-state index contributed by atoms with van der Waals surface area (Å²) in [4.78, 5) is 25.4. The van der Waals surface area contributed by atoms with Gasteiger partial charge >= 0.3 is 12.0 Å². The van der Waals surface area contributed by atoms with Crippen LogP contribution >= 0.6 is 0 Å². The van der Waals surface area contributed by atoms with E-state index in [1.54, 1.807) is 29.2 Å². The summed E-state index contributed by atoms with van der Waals surface area (Å²) in [5.41, 5.74) is 0.663. The molecule has 0 bridgehead atoms. The molecule has 0 aromatic heterocycles. The lowest BCUT2D eigenvalue weighted by molar-refractivity contribution is -0.139. The SMILES string of the molecule is CC1(C)CCCN(C(=O)NC(C(=O)O)c2ccccc2)C1. The number of nitrogens with zero attached hydrogens (tertiary/aromatic N) is 1. The molecule has 1 aromatic carbocycles. The van der Waals surface area contributed by atoms with Crippen LogP contribution in [0, 0.1) is 5.41 Å². The molecule has 1 heterocycles. The van der Waals surface area contributed by atoms with E-state index >= 15 is 0 Å². The summed E-state index contributed by atoms with van der Waals surface area (Å²) in [5.74, 6) is -1.05. The lowest BCUT2D eigenvalue weighted by atomic mass is 9.84. The first kappa shape index (κ1) is 15.4. The molecule has 0 aliphatic carbocycles. The number of carboxylic acids is 1. The molecule has 1 unspecified atom stereocenters. The highest BCUT2D eigenvalue weighted by molar-refractivity contribution is 5.83. The zero-order chi connectivity index (χ0) is 15.5. The standard InChI is InChI=1S/C16H22N2O3/c1-16(2)9-6-10-18(11-16)15(21)17-13(14(19)20)12-7-4-3-5-8-12/h3-5,7-8,13H,6,9-11H2,1-2H3,(H,17,21)(H,19,20). The van der Waals surface area contributed by atoms with E-state index in [2.05, 4.69) is 19.2 Å². The van der Waals surface area contributed by atoms with Gasteiger partial charge < -0.3 is 15.3 Å². The van der Waals surface area contributed by atoms with Crippen molar-refractivity contribution in [2.24, 2.45) is 5.41 Å². The molecule has 1 atom stereocenters. The van der Waals surface area contributed by atoms with Crippen LogP contribution in [0.3, 0.4) is 0 Å². The number of piperidine rings is 1. The van der Waals surface area contributed by atoms with E-state index in [1.165, 1.54) is 0 Å². The van der Waals surface area contributed by atoms with Gasteiger partial charge in [-0.3, -0.25) is 0 Å². The summed E-state index contributed by atoms with van der Waals surface area (Å²) in [6.07, 6.45) is 2.03. The summed E-state index contributed by atoms with van der Waals surface area (Å²) >= 11 is 0. The van der Waals surface area contributed by atoms with E-state index in [4.69, 9.17) is 0 Å². The predicted octanol–water partition coefficient (Wildman–Crippen LogP) is 2.64. The van der Waals surface area contributed by atoms with E-state index in [0.29, 0.717) is 18.7 Å². The van der Waals surface area contributed by atoms with Gasteiger partial charge in [0.25, 0.3) is 0 Å². The Balaban J connectivity index is 2.07. The Morgan fingerprint density at radius 3 is 2.52 bits per heavy atom. The summed E-state index contributed by atoms with van der Waals surface area (Å²) in [6, 6.07) is 7.45. The third-order valence-corrected chi connectivity index (χ3v) is 3.84. The van der Waals surface area contributed by atoms with Crippen LogP contribution in [-0.2, 0) is 4.79 Å². The van der Waals surface area contributed by atoms with Crippen LogP contribution in [0.5, 0.6) is 0 Å². The van der Waals surface area contributed by atoms with Gasteiger partial charge in [-0.1, -0.05) is 44.2 Å². The summed E-state index contributed by atoms with van der Waals surface area (Å²) in [7, 11) is 0. The Labute approximate surface area is 125 Å². The van der Waals surface area contributed by atoms with Gasteiger partial charge in [0.2, 0.25) is 0 Å². The van der Waals surface area contributed by atoms with Crippen molar-refractivity contribution in [2.45, 2.75) is 32.7 Å². The van der Waals surface area contributed by atoms with Crippen LogP contribution in [-0.4, -0.2) is 35.1 Å². The van der Waals surface area contributed by atoms with E-state index in [-0.39, 0.29) is 11.4 Å². The first-order valence-electron chi connectivity index (χ1n) is 7.22. The number of urea groups is 1. The van der Waals surface area contributed by atoms with Gasteiger partial charge in [0.1, 0.15) is 0 Å². The van der Waals surface area contributed by atoms with E-state index in [1.807, 2.05) is 6.07 Å². The number of hydrogen-bond acceptors (Lipinski definition) is 2. The van der Waals surface area contributed by atoms with Crippen molar-refractivity contribution in [3.05, 3.63) is 35.9 Å². The number of carbonyl (C=O) groups excluding carboxylic acids is 1. The average Bonchev–Trinajstić information content (AvgIpc) is 2.44. The van der Waals surface area contributed by atoms with Gasteiger partial charge in [0.15, 0.2) is 6.04 Å². The normalized spacial score (nSPS) is 18.9. The van der Waals surface area contributed by atoms with Crippen molar-refractivity contribution >= 4 is 12.0 Å². The lowest BCUT2D eigenvalue weighted by Crippen LogP contribution is -2.49. The fraction of sp³-hybridized carbons (Fsp3) is 0.500. The minimum atomic E-state index is -1.05. The molecule has 1 aromatic rings. The number of aliphatic carboxylic acids is 1. The van der Waals surface area contributed by atoms with Gasteiger partial charge in [-0.25, -0.2) is 9.59 Å². The van der Waals surface area contributed by atoms with Crippen molar-refractivity contribution in [3.63, 3.8) is 0 Å². The molecule has 0 saturated carbocycles. The fourth-order valence-electron chi connectivity index (χ4n) is 2.74. The third-order valence-electron chi connectivity index (χ3n) is 3.84. The number of rotatable bonds is 3. The highest BCUT2D eigenvalue weighted by atomic mass is 16.4. The topological polar surface area (TPSA) is 69.6 Å². The van der Waals surface area contributed by atoms with E-state index < -0.39 is 12.0 Å². The summed E-state index contributed by atoms with van der Waals surface area (Å²) in [6.45, 7) is 5.58. The molecule has 21 heavy (non-hydrogen) atoms. The molecule has 2 rings (SSSR count). The van der Waals surface area contributed by atoms with Gasteiger partial charge in [-0.15, -0.1) is 0 Å². The molecule has 5 nitrogen and oxygen atoms in total. The number of carboxylic acid groups (broad SMARTS) is 1. The zero-order valence-electron chi connectivity index (χ0n) is 12.5. The molecule has 0 spiro atoms. The second kappa shape index (κ2) is 6.16. The quantitative estimate of drug-likeness (QED) is 0.899. The molecule has 1 saturated heterocycles. The van der Waals surface area contributed by atoms with E-state index in [0.717, 1.165) is 12.8 Å². The van der Waals surface area contributed by atoms with Crippen LogP contribution in [0.4, 0.5) is 4.79 Å². The van der Waals surface area contributed by atoms with Crippen LogP contribution in [0.1, 0.15) is 38.3 Å². The Morgan fingerprint density at radius 1 is 1.29 bits per heavy atom. The Kier molecular flexibility index (Phi) is 4.50. The van der Waals surface area contributed by atoms with Crippen LogP contribution in [0.25, 0.3) is 0 Å². The smallest absolute Gasteiger partial charge is 0.330 e. The fourth-order valence-corrected chi connectivity index (χ4v) is 2.74. The first-order valence-corrected chi connectivity index (χ1v) is 7.22. The second-order valence-corrected chi connectivity index (χ2v) is 6.32. The highest BCUT2D eigenvalue weighted by Crippen LogP contribution is 2.28. The Bertz CT molecular complexity index is 514. The molecule has 2 N–H and O–H groups in total. The highest BCUT2D eigenvalue weighted by Gasteiger charge is 2.31. The minimum Gasteiger partial charge on any atom is -0.479 e. The number of amides is 2. The van der Waals surface area contributed by atoms with Gasteiger partial charge in [0, 0.05) is 13.1 Å². The molecule has 1 fully saturated rings. The number of likely N-dealkylation sites (tertiary alicyclic amines) is 1. The molecule has 5 heteroatoms. The Hall–Kier alpha value is -2.04. The molecule has 0 radical (unpaired) electrons. The van der Waals surface area contributed by atoms with Crippen LogP contribution in [0.15, 0.2) is 30.3 Å². The van der Waals surface area contributed by atoms with E-state index in [9.17, 15) is 14.7 Å². The third kappa shape index (κ3) is 3.97. The second-order valence-electron chi connectivity index (χ2n) is 6.32. The average molecular weight is 290 g/mol. The number of carbonyl (C=O) groups is 2. The lowest BCUT2D eigenvalue weighted by Gasteiger charge is -2.38. The van der Waals surface area contributed by atoms with Crippen molar-refractivity contribution in [3.8, 4) is 0 Å². The van der Waals surface area contributed by atoms with Gasteiger partial charge in [-0.2, -0.15) is 0 Å². The van der Waals surface area contributed by atoms with Crippen molar-refractivity contribution in [2.75, 3.05) is 13.1 Å². The van der Waals surface area contributed by atoms with Crippen LogP contribution < -0.4 is 5.32 Å². The zero-order valence-corrected chi connectivity index (χ0v) is 12.5. The van der Waals surface area contributed by atoms with Crippen molar-refractivity contribution in [1.82, 2.24) is 10.2 Å². The van der Waals surface area contributed by atoms with Crippen molar-refractivity contribution < 1.29 is 14.7 Å². The molecule has 114 valence electrons. The first-order chi connectivity index (χ1) is 9.89. The maximum Gasteiger partial charge on any atom is 0.330 e. The van der Waals surface area contributed by atoms with Crippen LogP contribution in [0.2, 0.25) is 0 Å². The summed E-state index contributed by atoms with van der Waals surface area (Å²) in [5, 5.41) is 12.0. The molecular formula is C16H22N2O3. The largest absolute Gasteiger partial charge is 0.479 e. The monoisotopic (exact) mass is 290 g/mol. The van der Waals surface area contributed by atoms with Gasteiger partial charge in [0.05, 0.1) is 0 Å². The molecular weight excluding hydrogens is 268 g/mol. The molecule has 2 amide bonds. The van der Waals surface area contributed by atoms with Crippen molar-refractivity contribution in [1.29, 1.82) is 0 Å². The molecule has 1 aliphatic heterocycles. The predicted molar refractivity (Wildman–Crippen MR) is 79.9 cm³/mol. The maximum absolute atomic E-state index is 12.3.